The van der Waals surface area contributed by atoms with E-state index in [9.17, 15) is 0 Å². The monoisotopic (exact) mass is 360 g/mol. The Bertz CT molecular complexity index is 793. The molecule has 0 aliphatic rings. The zero-order valence-electron chi connectivity index (χ0n) is 11.3. The number of hydrogen-bond donors (Lipinski definition) is 1. The zero-order chi connectivity index (χ0) is 14.8. The number of hydrogen-bond acceptors (Lipinski definition) is 3. The Morgan fingerprint density at radius 1 is 1.19 bits per heavy atom. The molecule has 1 atom stereocenters. The standard InChI is InChI=1S/C15H13BrN4S/c1-10(11-5-7-12(16)8-6-11)20-14(18-19-15(20)21)13-4-2-3-9-17-13/h2-10H,1H3,(H,19,21). The highest BCUT2D eigenvalue weighted by Crippen LogP contribution is 2.25. The van der Waals surface area contributed by atoms with Gasteiger partial charge in [-0.15, -0.1) is 0 Å². The van der Waals surface area contributed by atoms with E-state index in [0.717, 1.165) is 21.6 Å². The molecule has 2 heterocycles. The summed E-state index contributed by atoms with van der Waals surface area (Å²) in [6, 6.07) is 14.0. The van der Waals surface area contributed by atoms with Gasteiger partial charge in [0.1, 0.15) is 5.69 Å². The Balaban J connectivity index is 2.08. The van der Waals surface area contributed by atoms with Gasteiger partial charge < -0.3 is 0 Å². The Morgan fingerprint density at radius 2 is 1.95 bits per heavy atom. The lowest BCUT2D eigenvalue weighted by atomic mass is 10.1. The molecule has 0 aliphatic carbocycles. The summed E-state index contributed by atoms with van der Waals surface area (Å²) < 4.78 is 3.63. The Hall–Kier alpha value is -1.79. The number of benzene rings is 1. The molecule has 106 valence electrons. The van der Waals surface area contributed by atoms with Gasteiger partial charge in [0.05, 0.1) is 6.04 Å². The number of H-pyrrole nitrogens is 1. The second-order valence-corrected chi connectivity index (χ2v) is 5.97. The van der Waals surface area contributed by atoms with Crippen molar-refractivity contribution in [3.63, 3.8) is 0 Å². The third kappa shape index (κ3) is 2.82. The van der Waals surface area contributed by atoms with Gasteiger partial charge in [-0.2, -0.15) is 5.10 Å². The van der Waals surface area contributed by atoms with E-state index in [2.05, 4.69) is 50.2 Å². The van der Waals surface area contributed by atoms with Crippen molar-refractivity contribution in [1.29, 1.82) is 0 Å². The van der Waals surface area contributed by atoms with E-state index in [1.165, 1.54) is 0 Å². The van der Waals surface area contributed by atoms with Gasteiger partial charge in [-0.25, -0.2) is 0 Å². The summed E-state index contributed by atoms with van der Waals surface area (Å²) in [5.74, 6) is 0.746. The molecule has 1 aromatic carbocycles. The summed E-state index contributed by atoms with van der Waals surface area (Å²) in [6.45, 7) is 2.10. The molecule has 2 aromatic heterocycles. The largest absolute Gasteiger partial charge is 0.292 e. The molecule has 1 N–H and O–H groups in total. The highest BCUT2D eigenvalue weighted by atomic mass is 79.9. The van der Waals surface area contributed by atoms with Crippen LogP contribution >= 0.6 is 28.1 Å². The number of halogens is 1. The van der Waals surface area contributed by atoms with Gasteiger partial charge in [-0.3, -0.25) is 14.6 Å². The number of nitrogens with one attached hydrogen (secondary N) is 1. The number of pyridine rings is 1. The van der Waals surface area contributed by atoms with Crippen LogP contribution < -0.4 is 0 Å². The highest BCUT2D eigenvalue weighted by molar-refractivity contribution is 9.10. The molecule has 0 aliphatic heterocycles. The molecule has 4 nitrogen and oxygen atoms in total. The smallest absolute Gasteiger partial charge is 0.196 e. The van der Waals surface area contributed by atoms with E-state index in [1.54, 1.807) is 6.20 Å². The molecule has 0 saturated heterocycles. The molecule has 1 unspecified atom stereocenters. The highest BCUT2D eigenvalue weighted by Gasteiger charge is 2.16. The molecule has 6 heteroatoms. The fourth-order valence-corrected chi connectivity index (χ4v) is 2.78. The van der Waals surface area contributed by atoms with Gasteiger partial charge in [0.15, 0.2) is 10.6 Å². The summed E-state index contributed by atoms with van der Waals surface area (Å²) in [6.07, 6.45) is 1.75. The van der Waals surface area contributed by atoms with Crippen molar-refractivity contribution in [3.8, 4) is 11.5 Å². The van der Waals surface area contributed by atoms with Gasteiger partial charge in [0.25, 0.3) is 0 Å². The maximum atomic E-state index is 5.38. The van der Waals surface area contributed by atoms with Crippen LogP contribution in [0.25, 0.3) is 11.5 Å². The summed E-state index contributed by atoms with van der Waals surface area (Å²) in [7, 11) is 0. The van der Waals surface area contributed by atoms with Crippen molar-refractivity contribution in [1.82, 2.24) is 19.7 Å². The molecule has 0 bridgehead atoms. The average molecular weight is 361 g/mol. The number of nitrogens with zero attached hydrogens (tertiary/aromatic N) is 3. The molecule has 3 aromatic rings. The Labute approximate surface area is 136 Å². The zero-order valence-corrected chi connectivity index (χ0v) is 13.7. The first kappa shape index (κ1) is 14.2. The van der Waals surface area contributed by atoms with E-state index in [0.29, 0.717) is 4.77 Å². The topological polar surface area (TPSA) is 46.5 Å². The van der Waals surface area contributed by atoms with Crippen LogP contribution in [0, 0.1) is 4.77 Å². The molecule has 0 amide bonds. The summed E-state index contributed by atoms with van der Waals surface area (Å²) in [4.78, 5) is 4.36. The van der Waals surface area contributed by atoms with Crippen molar-refractivity contribution in [2.45, 2.75) is 13.0 Å². The fraction of sp³-hybridized carbons (Fsp3) is 0.133. The van der Waals surface area contributed by atoms with Crippen LogP contribution in [0.2, 0.25) is 0 Å². The lowest BCUT2D eigenvalue weighted by Crippen LogP contribution is -2.09. The first-order valence-electron chi connectivity index (χ1n) is 6.50. The summed E-state index contributed by atoms with van der Waals surface area (Å²) in [5.41, 5.74) is 1.96. The SMILES string of the molecule is CC(c1ccc(Br)cc1)n1c(-c2ccccn2)n[nH]c1=S. The maximum Gasteiger partial charge on any atom is 0.196 e. The molecule has 3 rings (SSSR count). The van der Waals surface area contributed by atoms with E-state index in [-0.39, 0.29) is 6.04 Å². The second kappa shape index (κ2) is 5.91. The quantitative estimate of drug-likeness (QED) is 0.705. The summed E-state index contributed by atoms with van der Waals surface area (Å²) in [5, 5.41) is 7.19. The van der Waals surface area contributed by atoms with Crippen LogP contribution in [0.4, 0.5) is 0 Å². The van der Waals surface area contributed by atoms with Gasteiger partial charge in [0, 0.05) is 10.7 Å². The van der Waals surface area contributed by atoms with Gasteiger partial charge >= 0.3 is 0 Å². The Kier molecular flexibility index (Phi) is 3.98. The minimum Gasteiger partial charge on any atom is -0.292 e. The lowest BCUT2D eigenvalue weighted by Gasteiger charge is -2.16. The van der Waals surface area contributed by atoms with Crippen molar-refractivity contribution >= 4 is 28.1 Å². The molecule has 0 radical (unpaired) electrons. The number of aromatic amines is 1. The van der Waals surface area contributed by atoms with Gasteiger partial charge in [-0.05, 0) is 49.0 Å². The van der Waals surface area contributed by atoms with E-state index >= 15 is 0 Å². The van der Waals surface area contributed by atoms with Gasteiger partial charge in [-0.1, -0.05) is 34.1 Å². The van der Waals surface area contributed by atoms with Crippen LogP contribution in [0.3, 0.4) is 0 Å². The van der Waals surface area contributed by atoms with Crippen LogP contribution in [-0.4, -0.2) is 19.7 Å². The van der Waals surface area contributed by atoms with Crippen LogP contribution in [0.15, 0.2) is 53.1 Å². The third-order valence-electron chi connectivity index (χ3n) is 3.34. The fourth-order valence-electron chi connectivity index (χ4n) is 2.23. The normalized spacial score (nSPS) is 12.3. The Morgan fingerprint density at radius 3 is 2.62 bits per heavy atom. The molecule has 0 saturated carbocycles. The van der Waals surface area contributed by atoms with Crippen molar-refractivity contribution in [2.75, 3.05) is 0 Å². The molecular weight excluding hydrogens is 348 g/mol. The average Bonchev–Trinajstić information content (AvgIpc) is 2.90. The first-order chi connectivity index (χ1) is 10.2. The van der Waals surface area contributed by atoms with Crippen LogP contribution in [-0.2, 0) is 0 Å². The van der Waals surface area contributed by atoms with Crippen molar-refractivity contribution < 1.29 is 0 Å². The predicted octanol–water partition coefficient (Wildman–Crippen LogP) is 4.37. The van der Waals surface area contributed by atoms with E-state index < -0.39 is 0 Å². The predicted molar refractivity (Wildman–Crippen MR) is 88.6 cm³/mol. The number of rotatable bonds is 3. The first-order valence-corrected chi connectivity index (χ1v) is 7.70. The van der Waals surface area contributed by atoms with Crippen molar-refractivity contribution in [2.24, 2.45) is 0 Å². The maximum absolute atomic E-state index is 5.38. The second-order valence-electron chi connectivity index (χ2n) is 4.66. The molecule has 21 heavy (non-hydrogen) atoms. The van der Waals surface area contributed by atoms with Crippen LogP contribution in [0.5, 0.6) is 0 Å². The van der Waals surface area contributed by atoms with Gasteiger partial charge in [0.2, 0.25) is 0 Å². The third-order valence-corrected chi connectivity index (χ3v) is 4.15. The van der Waals surface area contributed by atoms with E-state index in [1.807, 2.05) is 34.9 Å². The van der Waals surface area contributed by atoms with Crippen molar-refractivity contribution in [3.05, 3.63) is 63.5 Å². The molecular formula is C15H13BrN4S. The minimum absolute atomic E-state index is 0.0707. The molecule has 0 fully saturated rings. The lowest BCUT2D eigenvalue weighted by molar-refractivity contribution is 0.634. The molecule has 0 spiro atoms. The minimum atomic E-state index is 0.0707. The van der Waals surface area contributed by atoms with E-state index in [4.69, 9.17) is 12.2 Å². The number of aromatic nitrogens is 4. The van der Waals surface area contributed by atoms with Crippen LogP contribution in [0.1, 0.15) is 18.5 Å². The summed E-state index contributed by atoms with van der Waals surface area (Å²) >= 11 is 8.84.